The number of carbonyl (C=O) groups is 1. The summed E-state index contributed by atoms with van der Waals surface area (Å²) in [4.78, 5) is 12.0. The first kappa shape index (κ1) is 15.0. The molecular formula is C17H26N2O. The van der Waals surface area contributed by atoms with Crippen LogP contribution in [0.1, 0.15) is 37.8 Å². The van der Waals surface area contributed by atoms with E-state index in [1.54, 1.807) is 0 Å². The van der Waals surface area contributed by atoms with Gasteiger partial charge in [0.2, 0.25) is 5.91 Å². The minimum absolute atomic E-state index is 0.147. The normalized spacial score (nSPS) is 16.4. The van der Waals surface area contributed by atoms with Gasteiger partial charge in [0.05, 0.1) is 6.42 Å². The topological polar surface area (TPSA) is 41.1 Å². The molecule has 3 heteroatoms. The van der Waals surface area contributed by atoms with Gasteiger partial charge in [-0.1, -0.05) is 38.1 Å². The highest BCUT2D eigenvalue weighted by atomic mass is 16.1. The number of piperidine rings is 1. The van der Waals surface area contributed by atoms with Crippen LogP contribution in [0.25, 0.3) is 0 Å². The van der Waals surface area contributed by atoms with E-state index in [0.29, 0.717) is 18.4 Å². The van der Waals surface area contributed by atoms with E-state index in [1.807, 2.05) is 0 Å². The summed E-state index contributed by atoms with van der Waals surface area (Å²) in [5, 5.41) is 6.44. The fourth-order valence-corrected chi connectivity index (χ4v) is 2.69. The van der Waals surface area contributed by atoms with Crippen molar-refractivity contribution in [3.63, 3.8) is 0 Å². The van der Waals surface area contributed by atoms with Gasteiger partial charge in [-0.15, -0.1) is 0 Å². The molecule has 2 N–H and O–H groups in total. The lowest BCUT2D eigenvalue weighted by atomic mass is 10.0. The Kier molecular flexibility index (Phi) is 5.60. The fraction of sp³-hybridized carbons (Fsp3) is 0.588. The van der Waals surface area contributed by atoms with E-state index in [9.17, 15) is 4.79 Å². The van der Waals surface area contributed by atoms with E-state index in [-0.39, 0.29) is 5.91 Å². The molecule has 1 amide bonds. The number of hydrogen-bond acceptors (Lipinski definition) is 2. The summed E-state index contributed by atoms with van der Waals surface area (Å²) in [6, 6.07) is 8.81. The first-order valence-electron chi connectivity index (χ1n) is 7.71. The van der Waals surface area contributed by atoms with Gasteiger partial charge in [0.15, 0.2) is 0 Å². The van der Waals surface area contributed by atoms with E-state index >= 15 is 0 Å². The number of nitrogens with one attached hydrogen (secondary N) is 2. The molecule has 0 unspecified atom stereocenters. The van der Waals surface area contributed by atoms with Crippen LogP contribution in [0.5, 0.6) is 0 Å². The first-order valence-corrected chi connectivity index (χ1v) is 7.71. The van der Waals surface area contributed by atoms with Crippen molar-refractivity contribution in [2.45, 2.75) is 45.6 Å². The lowest BCUT2D eigenvalue weighted by Gasteiger charge is -2.23. The van der Waals surface area contributed by atoms with E-state index < -0.39 is 0 Å². The van der Waals surface area contributed by atoms with Crippen LogP contribution in [0.3, 0.4) is 0 Å². The maximum absolute atomic E-state index is 12.0. The standard InChI is InChI=1S/C17H26N2O/c1-13(2)11-14-3-5-15(6-4-14)12-17(20)19-16-7-9-18-10-8-16/h3-6,13,16,18H,7-12H2,1-2H3,(H,19,20). The lowest BCUT2D eigenvalue weighted by molar-refractivity contribution is -0.121. The Labute approximate surface area is 122 Å². The van der Waals surface area contributed by atoms with Crippen LogP contribution in [-0.2, 0) is 17.6 Å². The minimum atomic E-state index is 0.147. The van der Waals surface area contributed by atoms with Crippen LogP contribution >= 0.6 is 0 Å². The highest BCUT2D eigenvalue weighted by Gasteiger charge is 2.15. The van der Waals surface area contributed by atoms with E-state index in [1.165, 1.54) is 5.56 Å². The second-order valence-electron chi connectivity index (χ2n) is 6.18. The molecule has 110 valence electrons. The molecule has 0 bridgehead atoms. The SMILES string of the molecule is CC(C)Cc1ccc(CC(=O)NC2CCNCC2)cc1. The molecule has 0 atom stereocenters. The van der Waals surface area contributed by atoms with Gasteiger partial charge < -0.3 is 10.6 Å². The molecule has 1 heterocycles. The van der Waals surface area contributed by atoms with Gasteiger partial charge in [0.25, 0.3) is 0 Å². The fourth-order valence-electron chi connectivity index (χ4n) is 2.69. The van der Waals surface area contributed by atoms with Crippen LogP contribution in [0.2, 0.25) is 0 Å². The number of carbonyl (C=O) groups excluding carboxylic acids is 1. The average molecular weight is 274 g/mol. The van der Waals surface area contributed by atoms with Crippen LogP contribution in [-0.4, -0.2) is 25.0 Å². The zero-order valence-electron chi connectivity index (χ0n) is 12.6. The minimum Gasteiger partial charge on any atom is -0.353 e. The zero-order valence-corrected chi connectivity index (χ0v) is 12.6. The number of amides is 1. The third-order valence-electron chi connectivity index (χ3n) is 3.74. The summed E-state index contributed by atoms with van der Waals surface area (Å²) in [5.74, 6) is 0.817. The molecule has 1 fully saturated rings. The van der Waals surface area contributed by atoms with Crippen molar-refractivity contribution in [1.82, 2.24) is 10.6 Å². The Morgan fingerprint density at radius 2 is 1.80 bits per heavy atom. The zero-order chi connectivity index (χ0) is 14.4. The molecule has 0 aliphatic carbocycles. The summed E-state index contributed by atoms with van der Waals surface area (Å²) in [5.41, 5.74) is 2.45. The van der Waals surface area contributed by atoms with Crippen molar-refractivity contribution in [1.29, 1.82) is 0 Å². The molecule has 20 heavy (non-hydrogen) atoms. The Hall–Kier alpha value is -1.35. The smallest absolute Gasteiger partial charge is 0.224 e. The molecule has 0 aromatic heterocycles. The molecule has 1 aromatic rings. The van der Waals surface area contributed by atoms with Crippen molar-refractivity contribution in [3.8, 4) is 0 Å². The highest BCUT2D eigenvalue weighted by molar-refractivity contribution is 5.78. The number of benzene rings is 1. The third-order valence-corrected chi connectivity index (χ3v) is 3.74. The molecule has 3 nitrogen and oxygen atoms in total. The van der Waals surface area contributed by atoms with Crippen molar-refractivity contribution in [2.75, 3.05) is 13.1 Å². The van der Waals surface area contributed by atoms with Crippen molar-refractivity contribution < 1.29 is 4.79 Å². The summed E-state index contributed by atoms with van der Waals surface area (Å²) >= 11 is 0. The quantitative estimate of drug-likeness (QED) is 0.865. The molecule has 0 saturated carbocycles. The van der Waals surface area contributed by atoms with E-state index in [4.69, 9.17) is 0 Å². The summed E-state index contributed by atoms with van der Waals surface area (Å²) < 4.78 is 0. The molecule has 1 aromatic carbocycles. The first-order chi connectivity index (χ1) is 9.63. The van der Waals surface area contributed by atoms with E-state index in [0.717, 1.165) is 37.9 Å². The van der Waals surface area contributed by atoms with Crippen LogP contribution < -0.4 is 10.6 Å². The Bertz CT molecular complexity index is 419. The molecular weight excluding hydrogens is 248 g/mol. The molecule has 0 radical (unpaired) electrons. The predicted molar refractivity (Wildman–Crippen MR) is 82.7 cm³/mol. The van der Waals surface area contributed by atoms with E-state index in [2.05, 4.69) is 48.7 Å². The molecule has 0 spiro atoms. The average Bonchev–Trinajstić information content (AvgIpc) is 2.41. The summed E-state index contributed by atoms with van der Waals surface area (Å²) in [7, 11) is 0. The van der Waals surface area contributed by atoms with Crippen molar-refractivity contribution in [3.05, 3.63) is 35.4 Å². The van der Waals surface area contributed by atoms with Gasteiger partial charge in [-0.3, -0.25) is 4.79 Å². The van der Waals surface area contributed by atoms with Gasteiger partial charge in [-0.2, -0.15) is 0 Å². The molecule has 1 saturated heterocycles. The van der Waals surface area contributed by atoms with Crippen LogP contribution in [0, 0.1) is 5.92 Å². The maximum atomic E-state index is 12.0. The van der Waals surface area contributed by atoms with Gasteiger partial charge in [0, 0.05) is 6.04 Å². The Balaban J connectivity index is 1.81. The third kappa shape index (κ3) is 4.97. The second kappa shape index (κ2) is 7.44. The molecule has 2 rings (SSSR count). The Morgan fingerprint density at radius 1 is 1.20 bits per heavy atom. The van der Waals surface area contributed by atoms with Crippen LogP contribution in [0.4, 0.5) is 0 Å². The summed E-state index contributed by atoms with van der Waals surface area (Å²) in [6.07, 6.45) is 3.67. The van der Waals surface area contributed by atoms with Crippen molar-refractivity contribution >= 4 is 5.91 Å². The molecule has 1 aliphatic rings. The number of hydrogen-bond donors (Lipinski definition) is 2. The second-order valence-corrected chi connectivity index (χ2v) is 6.18. The highest BCUT2D eigenvalue weighted by Crippen LogP contribution is 2.10. The number of rotatable bonds is 5. The maximum Gasteiger partial charge on any atom is 0.224 e. The largest absolute Gasteiger partial charge is 0.353 e. The van der Waals surface area contributed by atoms with Gasteiger partial charge in [0.1, 0.15) is 0 Å². The molecule has 1 aliphatic heterocycles. The van der Waals surface area contributed by atoms with Crippen LogP contribution in [0.15, 0.2) is 24.3 Å². The van der Waals surface area contributed by atoms with Crippen molar-refractivity contribution in [2.24, 2.45) is 5.92 Å². The Morgan fingerprint density at radius 3 is 2.40 bits per heavy atom. The predicted octanol–water partition coefficient (Wildman–Crippen LogP) is 2.30. The van der Waals surface area contributed by atoms with Gasteiger partial charge in [-0.05, 0) is 49.4 Å². The summed E-state index contributed by atoms with van der Waals surface area (Å²) in [6.45, 7) is 6.46. The van der Waals surface area contributed by atoms with Gasteiger partial charge in [-0.25, -0.2) is 0 Å². The van der Waals surface area contributed by atoms with Gasteiger partial charge >= 0.3 is 0 Å². The lowest BCUT2D eigenvalue weighted by Crippen LogP contribution is -2.43. The monoisotopic (exact) mass is 274 g/mol.